The van der Waals surface area contributed by atoms with Crippen LogP contribution in [0, 0.1) is 6.92 Å². The third kappa shape index (κ3) is 4.73. The number of carbonyl (C=O) groups is 1. The number of benzene rings is 1. The number of halogens is 1. The van der Waals surface area contributed by atoms with Crippen LogP contribution in [0.25, 0.3) is 0 Å². The van der Waals surface area contributed by atoms with Gasteiger partial charge in [0.1, 0.15) is 0 Å². The Morgan fingerprint density at radius 3 is 2.82 bits per heavy atom. The second kappa shape index (κ2) is 6.59. The van der Waals surface area contributed by atoms with E-state index in [-0.39, 0.29) is 5.91 Å². The fourth-order valence-corrected chi connectivity index (χ4v) is 1.73. The van der Waals surface area contributed by atoms with Crippen LogP contribution in [-0.4, -0.2) is 37.5 Å². The molecule has 0 bridgehead atoms. The second-order valence-corrected chi connectivity index (χ2v) is 4.47. The molecule has 0 saturated heterocycles. The van der Waals surface area contributed by atoms with Gasteiger partial charge in [-0.15, -0.1) is 0 Å². The molecule has 0 heterocycles. The fraction of sp³-hybridized carbons (Fsp3) is 0.417. The predicted molar refractivity (Wildman–Crippen MR) is 71.4 cm³/mol. The van der Waals surface area contributed by atoms with Crippen molar-refractivity contribution in [1.29, 1.82) is 0 Å². The first kappa shape index (κ1) is 14.0. The highest BCUT2D eigenvalue weighted by Gasteiger charge is 2.07. The third-order valence-corrected chi connectivity index (χ3v) is 2.62. The number of amides is 1. The molecule has 94 valence electrons. The quantitative estimate of drug-likeness (QED) is 0.838. The van der Waals surface area contributed by atoms with Crippen LogP contribution >= 0.6 is 11.6 Å². The zero-order chi connectivity index (χ0) is 12.8. The summed E-state index contributed by atoms with van der Waals surface area (Å²) in [6.07, 6.45) is 0. The molecule has 0 radical (unpaired) electrons. The zero-order valence-corrected chi connectivity index (χ0v) is 10.9. The summed E-state index contributed by atoms with van der Waals surface area (Å²) in [4.78, 5) is 13.6. The Morgan fingerprint density at radius 2 is 2.24 bits per heavy atom. The van der Waals surface area contributed by atoms with E-state index in [1.807, 2.05) is 24.9 Å². The van der Waals surface area contributed by atoms with Crippen molar-refractivity contribution in [2.75, 3.05) is 32.0 Å². The van der Waals surface area contributed by atoms with Crippen LogP contribution in [0.3, 0.4) is 0 Å². The third-order valence-electron chi connectivity index (χ3n) is 2.39. The first-order chi connectivity index (χ1) is 8.02. The molecule has 0 fully saturated rings. The smallest absolute Gasteiger partial charge is 0.238 e. The number of nitrogens with one attached hydrogen (secondary N) is 1. The molecular weight excluding hydrogens is 238 g/mol. The molecule has 0 aliphatic rings. The normalized spacial score (nSPS) is 10.6. The summed E-state index contributed by atoms with van der Waals surface area (Å²) in [7, 11) is 1.86. The molecule has 1 rings (SSSR count). The summed E-state index contributed by atoms with van der Waals surface area (Å²) in [5.41, 5.74) is 7.15. The monoisotopic (exact) mass is 255 g/mol. The first-order valence-electron chi connectivity index (χ1n) is 5.47. The molecule has 0 spiro atoms. The predicted octanol–water partition coefficient (Wildman–Crippen LogP) is 1.48. The van der Waals surface area contributed by atoms with E-state index in [0.717, 1.165) is 11.3 Å². The van der Waals surface area contributed by atoms with Crippen molar-refractivity contribution in [3.63, 3.8) is 0 Å². The number of hydrogen-bond donors (Lipinski definition) is 2. The Kier molecular flexibility index (Phi) is 5.41. The lowest BCUT2D eigenvalue weighted by Gasteiger charge is -2.15. The number of rotatable bonds is 5. The van der Waals surface area contributed by atoms with E-state index in [1.165, 1.54) is 0 Å². The van der Waals surface area contributed by atoms with Gasteiger partial charge >= 0.3 is 0 Å². The molecule has 1 amide bonds. The molecule has 1 aromatic carbocycles. The van der Waals surface area contributed by atoms with Crippen molar-refractivity contribution in [2.45, 2.75) is 6.92 Å². The van der Waals surface area contributed by atoms with Gasteiger partial charge in [0.15, 0.2) is 0 Å². The molecule has 3 N–H and O–H groups in total. The highest BCUT2D eigenvalue weighted by atomic mass is 35.5. The van der Waals surface area contributed by atoms with E-state index in [4.69, 9.17) is 17.3 Å². The highest BCUT2D eigenvalue weighted by Crippen LogP contribution is 2.19. The van der Waals surface area contributed by atoms with Crippen molar-refractivity contribution in [3.8, 4) is 0 Å². The Bertz CT molecular complexity index is 395. The number of carbonyl (C=O) groups excluding carboxylic acids is 1. The van der Waals surface area contributed by atoms with E-state index < -0.39 is 0 Å². The molecule has 0 aromatic heterocycles. The minimum atomic E-state index is -0.0497. The van der Waals surface area contributed by atoms with Gasteiger partial charge in [0.2, 0.25) is 5.91 Å². The molecule has 0 atom stereocenters. The topological polar surface area (TPSA) is 58.4 Å². The molecule has 4 nitrogen and oxygen atoms in total. The van der Waals surface area contributed by atoms with Gasteiger partial charge in [0.25, 0.3) is 0 Å². The van der Waals surface area contributed by atoms with Crippen molar-refractivity contribution in [3.05, 3.63) is 28.8 Å². The molecule has 1 aromatic rings. The molecular formula is C12H18ClN3O. The zero-order valence-electron chi connectivity index (χ0n) is 10.2. The Labute approximate surface area is 107 Å². The molecule has 0 aliphatic heterocycles. The van der Waals surface area contributed by atoms with E-state index in [9.17, 15) is 4.79 Å². The molecule has 0 unspecified atom stereocenters. The van der Waals surface area contributed by atoms with Crippen LogP contribution < -0.4 is 11.1 Å². The van der Waals surface area contributed by atoms with Gasteiger partial charge in [-0.05, 0) is 37.7 Å². The summed E-state index contributed by atoms with van der Waals surface area (Å²) >= 11 is 5.84. The lowest BCUT2D eigenvalue weighted by Crippen LogP contribution is -2.33. The van der Waals surface area contributed by atoms with Gasteiger partial charge in [-0.3, -0.25) is 9.69 Å². The van der Waals surface area contributed by atoms with Crippen molar-refractivity contribution in [1.82, 2.24) is 4.90 Å². The van der Waals surface area contributed by atoms with Gasteiger partial charge in [-0.2, -0.15) is 0 Å². The number of likely N-dealkylation sites (N-methyl/N-ethyl adjacent to an activating group) is 1. The largest absolute Gasteiger partial charge is 0.329 e. The van der Waals surface area contributed by atoms with Gasteiger partial charge in [0.05, 0.1) is 6.54 Å². The standard InChI is InChI=1S/C12H18ClN3O/c1-9-7-10(13)3-4-11(9)15-12(17)8-16(2)6-5-14/h3-4,7H,5-6,8,14H2,1-2H3,(H,15,17). The molecule has 5 heteroatoms. The SMILES string of the molecule is Cc1cc(Cl)ccc1NC(=O)CN(C)CCN. The fourth-order valence-electron chi connectivity index (χ4n) is 1.50. The summed E-state index contributed by atoms with van der Waals surface area (Å²) in [6, 6.07) is 5.38. The van der Waals surface area contributed by atoms with Crippen molar-refractivity contribution >= 4 is 23.2 Å². The summed E-state index contributed by atoms with van der Waals surface area (Å²) in [5, 5.41) is 3.51. The number of hydrogen-bond acceptors (Lipinski definition) is 3. The Balaban J connectivity index is 2.56. The minimum absolute atomic E-state index is 0.0497. The van der Waals surface area contributed by atoms with Crippen LogP contribution in [0.2, 0.25) is 5.02 Å². The van der Waals surface area contributed by atoms with E-state index >= 15 is 0 Å². The summed E-state index contributed by atoms with van der Waals surface area (Å²) < 4.78 is 0. The molecule has 0 saturated carbocycles. The summed E-state index contributed by atoms with van der Waals surface area (Å²) in [5.74, 6) is -0.0497. The van der Waals surface area contributed by atoms with Crippen molar-refractivity contribution in [2.24, 2.45) is 5.73 Å². The van der Waals surface area contributed by atoms with Crippen LogP contribution in [0.5, 0.6) is 0 Å². The van der Waals surface area contributed by atoms with Gasteiger partial charge < -0.3 is 11.1 Å². The number of anilines is 1. The summed E-state index contributed by atoms with van der Waals surface area (Å²) in [6.45, 7) is 3.49. The molecule has 17 heavy (non-hydrogen) atoms. The maximum atomic E-state index is 11.7. The average Bonchev–Trinajstić information content (AvgIpc) is 2.22. The van der Waals surface area contributed by atoms with Crippen LogP contribution in [0.15, 0.2) is 18.2 Å². The van der Waals surface area contributed by atoms with Gasteiger partial charge in [-0.1, -0.05) is 11.6 Å². The number of nitrogens with two attached hydrogens (primary N) is 1. The maximum Gasteiger partial charge on any atom is 0.238 e. The first-order valence-corrected chi connectivity index (χ1v) is 5.85. The van der Waals surface area contributed by atoms with Crippen LogP contribution in [0.4, 0.5) is 5.69 Å². The van der Waals surface area contributed by atoms with E-state index in [1.54, 1.807) is 12.1 Å². The highest BCUT2D eigenvalue weighted by molar-refractivity contribution is 6.30. The minimum Gasteiger partial charge on any atom is -0.329 e. The lowest BCUT2D eigenvalue weighted by atomic mass is 10.2. The van der Waals surface area contributed by atoms with E-state index in [2.05, 4.69) is 5.32 Å². The Hall–Kier alpha value is -1.10. The number of aryl methyl sites for hydroxylation is 1. The van der Waals surface area contributed by atoms with Crippen LogP contribution in [0.1, 0.15) is 5.56 Å². The Morgan fingerprint density at radius 1 is 1.53 bits per heavy atom. The van der Waals surface area contributed by atoms with Crippen molar-refractivity contribution < 1.29 is 4.79 Å². The van der Waals surface area contributed by atoms with E-state index in [0.29, 0.717) is 24.7 Å². The van der Waals surface area contributed by atoms with Crippen LogP contribution in [-0.2, 0) is 4.79 Å². The maximum absolute atomic E-state index is 11.7. The van der Waals surface area contributed by atoms with Gasteiger partial charge in [-0.25, -0.2) is 0 Å². The lowest BCUT2D eigenvalue weighted by molar-refractivity contribution is -0.117. The molecule has 0 aliphatic carbocycles. The average molecular weight is 256 g/mol. The van der Waals surface area contributed by atoms with Gasteiger partial charge in [0, 0.05) is 23.8 Å². The second-order valence-electron chi connectivity index (χ2n) is 4.03. The number of nitrogens with zero attached hydrogens (tertiary/aromatic N) is 1.